The highest BCUT2D eigenvalue weighted by atomic mass is 32.1. The number of primary amides is 2. The average Bonchev–Trinajstić information content (AvgIpc) is 3.88. The van der Waals surface area contributed by atoms with Crippen LogP contribution in [-0.4, -0.2) is 62.4 Å². The molecule has 0 fully saturated rings. The van der Waals surface area contributed by atoms with Gasteiger partial charge in [-0.1, -0.05) is 30.4 Å². The van der Waals surface area contributed by atoms with Crippen molar-refractivity contribution in [1.82, 2.24) is 33.7 Å². The average molecular weight is 738 g/mol. The van der Waals surface area contributed by atoms with Gasteiger partial charge in [-0.05, 0) is 76.1 Å². The van der Waals surface area contributed by atoms with Crippen LogP contribution in [0.5, 0.6) is 5.75 Å². The molecule has 0 unspecified atom stereocenters. The molecule has 6 rings (SSSR count). The minimum atomic E-state index is -0.710. The molecule has 0 saturated carbocycles. The Balaban J connectivity index is 1.41. The molecule has 0 aliphatic carbocycles. The lowest BCUT2D eigenvalue weighted by Gasteiger charge is -2.11. The van der Waals surface area contributed by atoms with E-state index in [1.165, 1.54) is 6.07 Å². The molecule has 4 aromatic heterocycles. The monoisotopic (exact) mass is 737 g/mol. The molecule has 0 aliphatic rings. The van der Waals surface area contributed by atoms with E-state index in [-0.39, 0.29) is 35.2 Å². The summed E-state index contributed by atoms with van der Waals surface area (Å²) in [4.78, 5) is 60.5. The van der Waals surface area contributed by atoms with Gasteiger partial charge >= 0.3 is 0 Å². The van der Waals surface area contributed by atoms with E-state index in [9.17, 15) is 24.3 Å². The van der Waals surface area contributed by atoms with Crippen LogP contribution in [0.1, 0.15) is 79.4 Å². The van der Waals surface area contributed by atoms with Gasteiger partial charge in [-0.3, -0.25) is 33.9 Å². The number of imidazole rings is 1. The predicted octanol–water partition coefficient (Wildman–Crippen LogP) is 3.82. The summed E-state index contributed by atoms with van der Waals surface area (Å²) in [5.41, 5.74) is 16.0. The molecule has 0 aliphatic heterocycles. The molecule has 4 amide bonds. The molecule has 6 aromatic rings. The fourth-order valence-electron chi connectivity index (χ4n) is 6.22. The number of phenols is 1. The molecule has 0 radical (unpaired) electrons. The van der Waals surface area contributed by atoms with E-state index in [2.05, 4.69) is 20.5 Å². The summed E-state index contributed by atoms with van der Waals surface area (Å²) in [6.07, 6.45) is 4.24. The highest BCUT2D eigenvalue weighted by molar-refractivity contribution is 7.16. The number of fused-ring (bicyclic) bond motifs is 2. The molecule has 274 valence electrons. The molecule has 4 heterocycles. The quantitative estimate of drug-likeness (QED) is 0.135. The van der Waals surface area contributed by atoms with Gasteiger partial charge in [0.25, 0.3) is 11.8 Å². The zero-order valence-corrected chi connectivity index (χ0v) is 30.7. The summed E-state index contributed by atoms with van der Waals surface area (Å²) in [5.74, 6) is -2.17. The van der Waals surface area contributed by atoms with Crippen molar-refractivity contribution in [1.29, 1.82) is 0 Å². The number of phenolic OH excluding ortho intramolecular Hbond substituents is 1. The van der Waals surface area contributed by atoms with Crippen LogP contribution in [0.15, 0.2) is 53.5 Å². The first kappa shape index (κ1) is 36.4. The number of hydrogen-bond acceptors (Lipinski definition) is 9. The first-order valence-corrected chi connectivity index (χ1v) is 17.8. The van der Waals surface area contributed by atoms with Crippen LogP contribution in [0.2, 0.25) is 0 Å². The van der Waals surface area contributed by atoms with Crippen molar-refractivity contribution in [3.8, 4) is 5.75 Å². The largest absolute Gasteiger partial charge is 0.506 e. The van der Waals surface area contributed by atoms with E-state index in [0.717, 1.165) is 16.9 Å². The van der Waals surface area contributed by atoms with E-state index >= 15 is 0 Å². The standard InChI is InChI=1S/C36H39N11O5S/c1-6-21-15-22(31(37)49)16-24-29(21)44(35(39-24)40-33(51)25-13-19(4)42-46(25)7-2)11-9-10-12-45-30-27(48)17-23(32(38)50)18-28(30)53-36(45)41-34(52)26-14-20(5)43-47(26)8-3/h9-10,13-18,48H,6-8,11-12H2,1-5H3,(H2,37,49)(H2,38,50)(H,39,40,51)/b10-9+,41-36?. The molecule has 0 atom stereocenters. The zero-order valence-electron chi connectivity index (χ0n) is 29.9. The van der Waals surface area contributed by atoms with Gasteiger partial charge in [0.1, 0.15) is 22.7 Å². The number of carbonyl (C=O) groups is 4. The van der Waals surface area contributed by atoms with Gasteiger partial charge in [0, 0.05) is 37.3 Å². The number of allylic oxidation sites excluding steroid dienone is 2. The molecule has 0 spiro atoms. The van der Waals surface area contributed by atoms with Crippen LogP contribution in [0, 0.1) is 13.8 Å². The number of thiazole rings is 1. The minimum Gasteiger partial charge on any atom is -0.506 e. The number of aromatic hydroxyl groups is 1. The molecule has 16 nitrogen and oxygen atoms in total. The fourth-order valence-corrected chi connectivity index (χ4v) is 7.32. The van der Waals surface area contributed by atoms with Crippen LogP contribution < -0.4 is 21.6 Å². The SMILES string of the molecule is CCc1cc(C(N)=O)cc2nc(NC(=O)c3cc(C)nn3CC)n(C/C=C/Cn3c(=NC(=O)c4cc(C)nn4CC)sc4cc(C(N)=O)cc(O)c43)c12. The maximum atomic E-state index is 13.5. The normalized spacial score (nSPS) is 12.1. The zero-order chi connectivity index (χ0) is 38.1. The van der Waals surface area contributed by atoms with Crippen LogP contribution in [0.3, 0.4) is 0 Å². The van der Waals surface area contributed by atoms with Gasteiger partial charge in [-0.15, -0.1) is 0 Å². The van der Waals surface area contributed by atoms with Crippen molar-refractivity contribution in [2.75, 3.05) is 5.32 Å². The van der Waals surface area contributed by atoms with Gasteiger partial charge in [0.15, 0.2) is 4.80 Å². The summed E-state index contributed by atoms with van der Waals surface area (Å²) in [6, 6.07) is 9.52. The second kappa shape index (κ2) is 14.7. The van der Waals surface area contributed by atoms with Gasteiger partial charge < -0.3 is 25.7 Å². The van der Waals surface area contributed by atoms with Gasteiger partial charge in [0.05, 0.1) is 27.1 Å². The van der Waals surface area contributed by atoms with Crippen LogP contribution in [-0.2, 0) is 32.6 Å². The second-order valence-electron chi connectivity index (χ2n) is 12.3. The van der Waals surface area contributed by atoms with Crippen molar-refractivity contribution >= 4 is 62.2 Å². The fraction of sp³-hybridized carbons (Fsp3) is 0.278. The number of rotatable bonds is 12. The van der Waals surface area contributed by atoms with Crippen molar-refractivity contribution in [2.45, 2.75) is 67.2 Å². The molecule has 2 aromatic carbocycles. The Hall–Kier alpha value is -6.36. The first-order valence-electron chi connectivity index (χ1n) is 17.0. The van der Waals surface area contributed by atoms with Crippen LogP contribution >= 0.6 is 11.3 Å². The van der Waals surface area contributed by atoms with Gasteiger partial charge in [0.2, 0.25) is 17.8 Å². The van der Waals surface area contributed by atoms with Crippen molar-refractivity contribution in [3.05, 3.63) is 92.8 Å². The lowest BCUT2D eigenvalue weighted by Crippen LogP contribution is -2.20. The highest BCUT2D eigenvalue weighted by Crippen LogP contribution is 2.30. The second-order valence-corrected chi connectivity index (χ2v) is 13.3. The third kappa shape index (κ3) is 7.10. The molecule has 17 heteroatoms. The Kier molecular flexibility index (Phi) is 10.1. The Bertz CT molecular complexity index is 2550. The Morgan fingerprint density at radius 2 is 1.43 bits per heavy atom. The predicted molar refractivity (Wildman–Crippen MR) is 200 cm³/mol. The number of nitrogens with two attached hydrogens (primary N) is 2. The summed E-state index contributed by atoms with van der Waals surface area (Å²) < 4.78 is 7.19. The first-order chi connectivity index (χ1) is 25.3. The lowest BCUT2D eigenvalue weighted by atomic mass is 10.1. The molecular formula is C36H39N11O5S. The van der Waals surface area contributed by atoms with Crippen molar-refractivity contribution in [3.63, 3.8) is 0 Å². The number of anilines is 1. The van der Waals surface area contributed by atoms with E-state index in [4.69, 9.17) is 16.5 Å². The lowest BCUT2D eigenvalue weighted by molar-refractivity contribution is 0.0982. The van der Waals surface area contributed by atoms with E-state index in [0.29, 0.717) is 69.1 Å². The van der Waals surface area contributed by atoms with E-state index in [1.807, 2.05) is 44.4 Å². The van der Waals surface area contributed by atoms with Gasteiger partial charge in [-0.2, -0.15) is 15.2 Å². The summed E-state index contributed by atoms with van der Waals surface area (Å²) in [6.45, 7) is 10.7. The smallest absolute Gasteiger partial charge is 0.297 e. The number of hydrogen-bond donors (Lipinski definition) is 4. The number of nitrogens with zero attached hydrogens (tertiary/aromatic N) is 8. The third-order valence-electron chi connectivity index (χ3n) is 8.65. The molecule has 53 heavy (non-hydrogen) atoms. The van der Waals surface area contributed by atoms with Gasteiger partial charge in [-0.25, -0.2) is 4.98 Å². The molecular weight excluding hydrogens is 699 g/mol. The van der Waals surface area contributed by atoms with Crippen molar-refractivity contribution < 1.29 is 24.3 Å². The maximum Gasteiger partial charge on any atom is 0.297 e. The summed E-state index contributed by atoms with van der Waals surface area (Å²) >= 11 is 1.13. The maximum absolute atomic E-state index is 13.5. The summed E-state index contributed by atoms with van der Waals surface area (Å²) in [5, 5.41) is 22.7. The Morgan fingerprint density at radius 3 is 2.06 bits per heavy atom. The van der Waals surface area contributed by atoms with E-state index in [1.54, 1.807) is 51.2 Å². The Morgan fingerprint density at radius 1 is 0.830 bits per heavy atom. The highest BCUT2D eigenvalue weighted by Gasteiger charge is 2.21. The molecule has 6 N–H and O–H groups in total. The van der Waals surface area contributed by atoms with E-state index < -0.39 is 23.6 Å². The minimum absolute atomic E-state index is 0.112. The topological polar surface area (TPSA) is 223 Å². The number of carbonyl (C=O) groups excluding carboxylic acids is 4. The van der Waals surface area contributed by atoms with Crippen molar-refractivity contribution in [2.24, 2.45) is 16.5 Å². The third-order valence-corrected chi connectivity index (χ3v) is 9.67. The molecule has 0 saturated heterocycles. The van der Waals surface area contributed by atoms with Crippen LogP contribution in [0.4, 0.5) is 5.95 Å². The Labute approximate surface area is 307 Å². The van der Waals surface area contributed by atoms with Crippen LogP contribution in [0.25, 0.3) is 21.3 Å². The summed E-state index contributed by atoms with van der Waals surface area (Å²) in [7, 11) is 0. The number of benzene rings is 2. The number of aryl methyl sites for hydroxylation is 5. The number of aromatic nitrogens is 7. The number of nitrogens with one attached hydrogen (secondary N) is 1. The molecule has 0 bridgehead atoms. The number of amides is 4.